The average Bonchev–Trinajstić information content (AvgIpc) is 3.08. The average molecular weight is 373 g/mol. The standard InChI is InChI=1S/C15H21BrN2O2S/c1-12-10-18(11-14(12)17-8-4-5-9-17)21(19,20)15-7-3-2-6-13(15)16/h2-3,6-7,12,14H,4-5,8-11H2,1H3/t12-,14-/m0/s1. The smallest absolute Gasteiger partial charge is 0.244 e. The van der Waals surface area contributed by atoms with Gasteiger partial charge in [0.05, 0.1) is 4.90 Å². The highest BCUT2D eigenvalue weighted by molar-refractivity contribution is 9.10. The van der Waals surface area contributed by atoms with Gasteiger partial charge in [0.15, 0.2) is 0 Å². The van der Waals surface area contributed by atoms with Crippen molar-refractivity contribution in [2.24, 2.45) is 5.92 Å². The van der Waals surface area contributed by atoms with Crippen LogP contribution in [0.5, 0.6) is 0 Å². The minimum absolute atomic E-state index is 0.366. The maximum Gasteiger partial charge on any atom is 0.244 e. The van der Waals surface area contributed by atoms with E-state index in [0.29, 0.717) is 34.4 Å². The minimum atomic E-state index is -3.40. The van der Waals surface area contributed by atoms with E-state index >= 15 is 0 Å². The fourth-order valence-electron chi connectivity index (χ4n) is 3.44. The Kier molecular flexibility index (Phi) is 4.41. The molecule has 1 aromatic carbocycles. The zero-order chi connectivity index (χ0) is 15.0. The van der Waals surface area contributed by atoms with Gasteiger partial charge in [-0.05, 0) is 59.9 Å². The fourth-order valence-corrected chi connectivity index (χ4v) is 5.97. The first kappa shape index (κ1) is 15.5. The fraction of sp³-hybridized carbons (Fsp3) is 0.600. The van der Waals surface area contributed by atoms with E-state index in [4.69, 9.17) is 0 Å². The number of nitrogens with zero attached hydrogens (tertiary/aromatic N) is 2. The van der Waals surface area contributed by atoms with Crippen molar-refractivity contribution in [2.75, 3.05) is 26.2 Å². The van der Waals surface area contributed by atoms with E-state index in [0.717, 1.165) is 13.1 Å². The molecule has 116 valence electrons. The van der Waals surface area contributed by atoms with Crippen LogP contribution in [0.4, 0.5) is 0 Å². The molecule has 0 aliphatic carbocycles. The zero-order valence-corrected chi connectivity index (χ0v) is 14.6. The van der Waals surface area contributed by atoms with Crippen LogP contribution in [0.2, 0.25) is 0 Å². The first-order valence-corrected chi connectivity index (χ1v) is 9.72. The molecule has 1 aromatic rings. The van der Waals surface area contributed by atoms with Gasteiger partial charge in [0.25, 0.3) is 0 Å². The lowest BCUT2D eigenvalue weighted by molar-refractivity contribution is 0.217. The van der Waals surface area contributed by atoms with E-state index in [1.807, 2.05) is 6.07 Å². The number of hydrogen-bond acceptors (Lipinski definition) is 3. The maximum absolute atomic E-state index is 12.8. The molecule has 0 unspecified atom stereocenters. The van der Waals surface area contributed by atoms with Crippen molar-refractivity contribution in [1.29, 1.82) is 0 Å². The Bertz CT molecular complexity index is 614. The van der Waals surface area contributed by atoms with Crippen LogP contribution in [0.1, 0.15) is 19.8 Å². The van der Waals surface area contributed by atoms with E-state index in [1.165, 1.54) is 12.8 Å². The summed E-state index contributed by atoms with van der Waals surface area (Å²) in [5, 5.41) is 0. The summed E-state index contributed by atoms with van der Waals surface area (Å²) in [6.45, 7) is 5.62. The summed E-state index contributed by atoms with van der Waals surface area (Å²) in [5.74, 6) is 0.389. The summed E-state index contributed by atoms with van der Waals surface area (Å²) < 4.78 is 28.0. The van der Waals surface area contributed by atoms with Crippen LogP contribution in [-0.4, -0.2) is 49.8 Å². The Hall–Kier alpha value is -0.430. The Morgan fingerprint density at radius 3 is 2.48 bits per heavy atom. The summed E-state index contributed by atoms with van der Waals surface area (Å²) in [5.41, 5.74) is 0. The van der Waals surface area contributed by atoms with Gasteiger partial charge in [0.1, 0.15) is 0 Å². The van der Waals surface area contributed by atoms with Crippen molar-refractivity contribution in [3.63, 3.8) is 0 Å². The molecule has 4 nitrogen and oxygen atoms in total. The molecule has 0 bridgehead atoms. The SMILES string of the molecule is C[C@H]1CN(S(=O)(=O)c2ccccc2Br)C[C@@H]1N1CCCC1. The number of rotatable bonds is 3. The zero-order valence-electron chi connectivity index (χ0n) is 12.2. The van der Waals surface area contributed by atoms with E-state index < -0.39 is 10.0 Å². The second-order valence-corrected chi connectivity index (χ2v) is 8.80. The molecule has 0 saturated carbocycles. The summed E-state index contributed by atoms with van der Waals surface area (Å²) >= 11 is 3.36. The molecule has 0 aromatic heterocycles. The second-order valence-electron chi connectivity index (χ2n) is 6.04. The molecule has 3 rings (SSSR count). The minimum Gasteiger partial charge on any atom is -0.299 e. The lowest BCUT2D eigenvalue weighted by Gasteiger charge is -2.26. The number of hydrogen-bond donors (Lipinski definition) is 0. The predicted molar refractivity (Wildman–Crippen MR) is 86.7 cm³/mol. The molecule has 2 aliphatic rings. The lowest BCUT2D eigenvalue weighted by atomic mass is 10.1. The number of halogens is 1. The molecule has 2 saturated heterocycles. The second kappa shape index (κ2) is 5.99. The van der Waals surface area contributed by atoms with Crippen LogP contribution in [-0.2, 0) is 10.0 Å². The number of benzene rings is 1. The maximum atomic E-state index is 12.8. The Labute approximate surface area is 135 Å². The summed E-state index contributed by atoms with van der Waals surface area (Å²) in [4.78, 5) is 2.83. The van der Waals surface area contributed by atoms with Gasteiger partial charge in [-0.15, -0.1) is 0 Å². The third-order valence-electron chi connectivity index (χ3n) is 4.60. The molecule has 6 heteroatoms. The van der Waals surface area contributed by atoms with Gasteiger partial charge in [-0.25, -0.2) is 8.42 Å². The number of likely N-dealkylation sites (tertiary alicyclic amines) is 1. The summed E-state index contributed by atoms with van der Waals surface area (Å²) in [6, 6.07) is 7.43. The number of sulfonamides is 1. The first-order valence-electron chi connectivity index (χ1n) is 7.49. The van der Waals surface area contributed by atoms with Crippen molar-refractivity contribution in [1.82, 2.24) is 9.21 Å². The molecular formula is C15H21BrN2O2S. The van der Waals surface area contributed by atoms with Crippen molar-refractivity contribution in [3.8, 4) is 0 Å². The largest absolute Gasteiger partial charge is 0.299 e. The first-order chi connectivity index (χ1) is 10.00. The molecule has 21 heavy (non-hydrogen) atoms. The van der Waals surface area contributed by atoms with Crippen molar-refractivity contribution < 1.29 is 8.42 Å². The van der Waals surface area contributed by atoms with Crippen LogP contribution in [0.15, 0.2) is 33.6 Å². The van der Waals surface area contributed by atoms with Gasteiger partial charge >= 0.3 is 0 Å². The van der Waals surface area contributed by atoms with Gasteiger partial charge in [-0.1, -0.05) is 19.1 Å². The summed E-state index contributed by atoms with van der Waals surface area (Å²) in [6.07, 6.45) is 2.47. The van der Waals surface area contributed by atoms with E-state index in [2.05, 4.69) is 27.8 Å². The molecule has 2 atom stereocenters. The molecule has 2 aliphatic heterocycles. The Morgan fingerprint density at radius 2 is 1.81 bits per heavy atom. The molecule has 0 N–H and O–H groups in total. The van der Waals surface area contributed by atoms with E-state index in [-0.39, 0.29) is 0 Å². The van der Waals surface area contributed by atoms with E-state index in [1.54, 1.807) is 22.5 Å². The van der Waals surface area contributed by atoms with Crippen molar-refractivity contribution in [2.45, 2.75) is 30.7 Å². The van der Waals surface area contributed by atoms with Gasteiger partial charge < -0.3 is 0 Å². The van der Waals surface area contributed by atoms with Gasteiger partial charge in [0, 0.05) is 23.6 Å². The highest BCUT2D eigenvalue weighted by Crippen LogP contribution is 2.31. The van der Waals surface area contributed by atoms with Crippen LogP contribution < -0.4 is 0 Å². The monoisotopic (exact) mass is 372 g/mol. The molecular weight excluding hydrogens is 352 g/mol. The summed E-state index contributed by atoms with van der Waals surface area (Å²) in [7, 11) is -3.40. The molecule has 0 spiro atoms. The normalized spacial score (nSPS) is 28.3. The van der Waals surface area contributed by atoms with Gasteiger partial charge in [0.2, 0.25) is 10.0 Å². The third-order valence-corrected chi connectivity index (χ3v) is 7.45. The topological polar surface area (TPSA) is 40.6 Å². The van der Waals surface area contributed by atoms with Gasteiger partial charge in [-0.3, -0.25) is 4.90 Å². The molecule has 2 heterocycles. The predicted octanol–water partition coefficient (Wildman–Crippen LogP) is 2.55. The highest BCUT2D eigenvalue weighted by Gasteiger charge is 2.40. The third kappa shape index (κ3) is 2.91. The van der Waals surface area contributed by atoms with Crippen molar-refractivity contribution >= 4 is 26.0 Å². The molecule has 0 amide bonds. The van der Waals surface area contributed by atoms with Crippen LogP contribution in [0.3, 0.4) is 0 Å². The Morgan fingerprint density at radius 1 is 1.14 bits per heavy atom. The molecule has 2 fully saturated rings. The highest BCUT2D eigenvalue weighted by atomic mass is 79.9. The van der Waals surface area contributed by atoms with Crippen LogP contribution in [0, 0.1) is 5.92 Å². The van der Waals surface area contributed by atoms with Gasteiger partial charge in [-0.2, -0.15) is 4.31 Å². The van der Waals surface area contributed by atoms with Crippen molar-refractivity contribution in [3.05, 3.63) is 28.7 Å². The quantitative estimate of drug-likeness (QED) is 0.818. The lowest BCUT2D eigenvalue weighted by Crippen LogP contribution is -2.39. The Balaban J connectivity index is 1.83. The van der Waals surface area contributed by atoms with Crippen LogP contribution >= 0.6 is 15.9 Å². The van der Waals surface area contributed by atoms with Crippen LogP contribution in [0.25, 0.3) is 0 Å². The molecule has 0 radical (unpaired) electrons. The van der Waals surface area contributed by atoms with E-state index in [9.17, 15) is 8.42 Å².